The van der Waals surface area contributed by atoms with Gasteiger partial charge in [0.2, 0.25) is 0 Å². The van der Waals surface area contributed by atoms with E-state index in [4.69, 9.17) is 4.42 Å². The summed E-state index contributed by atoms with van der Waals surface area (Å²) in [5, 5.41) is 9.79. The highest BCUT2D eigenvalue weighted by molar-refractivity contribution is 7.99. The van der Waals surface area contributed by atoms with Crippen LogP contribution >= 0.6 is 11.8 Å². The number of aryl methyl sites for hydroxylation is 1. The van der Waals surface area contributed by atoms with Crippen LogP contribution in [-0.2, 0) is 5.75 Å². The summed E-state index contributed by atoms with van der Waals surface area (Å²) in [5.41, 5.74) is 1.21. The molecule has 1 aliphatic carbocycles. The fraction of sp³-hybridized carbons (Fsp3) is 0.600. The van der Waals surface area contributed by atoms with Crippen LogP contribution < -0.4 is 0 Å². The monoisotopic (exact) mass is 198 g/mol. The Morgan fingerprint density at radius 1 is 1.62 bits per heavy atom. The second-order valence-electron chi connectivity index (χ2n) is 3.52. The number of aliphatic hydroxyl groups is 1. The quantitative estimate of drug-likeness (QED) is 0.809. The minimum absolute atomic E-state index is 0.0831. The van der Waals surface area contributed by atoms with E-state index in [0.717, 1.165) is 24.4 Å². The Morgan fingerprint density at radius 3 is 2.92 bits per heavy atom. The highest BCUT2D eigenvalue weighted by Gasteiger charge is 2.29. The summed E-state index contributed by atoms with van der Waals surface area (Å²) in [7, 11) is 0. The number of furan rings is 1. The third-order valence-electron chi connectivity index (χ3n) is 2.57. The molecular formula is C10H14O2S. The summed E-state index contributed by atoms with van der Waals surface area (Å²) in [5.74, 6) is 1.93. The van der Waals surface area contributed by atoms with Gasteiger partial charge in [-0.2, -0.15) is 0 Å². The molecule has 0 radical (unpaired) electrons. The normalized spacial score (nSPS) is 27.2. The lowest BCUT2D eigenvalue weighted by atomic mass is 9.96. The Labute approximate surface area is 82.3 Å². The van der Waals surface area contributed by atoms with Crippen molar-refractivity contribution in [1.82, 2.24) is 0 Å². The van der Waals surface area contributed by atoms with Gasteiger partial charge in [-0.05, 0) is 31.4 Å². The molecule has 2 atom stereocenters. The molecule has 0 saturated heterocycles. The molecule has 1 aromatic rings. The third kappa shape index (κ3) is 1.92. The summed E-state index contributed by atoms with van der Waals surface area (Å²) in [4.78, 5) is 0. The summed E-state index contributed by atoms with van der Waals surface area (Å²) < 4.78 is 5.32. The molecular weight excluding hydrogens is 184 g/mol. The van der Waals surface area contributed by atoms with E-state index in [0.29, 0.717) is 5.25 Å². The first-order chi connectivity index (χ1) is 6.27. The van der Waals surface area contributed by atoms with Crippen molar-refractivity contribution in [3.63, 3.8) is 0 Å². The van der Waals surface area contributed by atoms with Crippen LogP contribution in [0.4, 0.5) is 0 Å². The van der Waals surface area contributed by atoms with Gasteiger partial charge in [0.05, 0.1) is 18.1 Å². The molecule has 1 fully saturated rings. The predicted octanol–water partition coefficient (Wildman–Crippen LogP) is 2.34. The molecule has 2 rings (SSSR count). The average molecular weight is 198 g/mol. The molecule has 0 bridgehead atoms. The molecule has 0 unspecified atom stereocenters. The van der Waals surface area contributed by atoms with Crippen LogP contribution in [0, 0.1) is 6.92 Å². The highest BCUT2D eigenvalue weighted by atomic mass is 32.2. The van der Waals surface area contributed by atoms with Crippen molar-refractivity contribution in [2.24, 2.45) is 0 Å². The molecule has 1 aliphatic rings. The zero-order valence-corrected chi connectivity index (χ0v) is 8.51. The van der Waals surface area contributed by atoms with E-state index in [1.807, 2.05) is 6.07 Å². The van der Waals surface area contributed by atoms with Gasteiger partial charge in [-0.15, -0.1) is 11.8 Å². The first kappa shape index (κ1) is 9.16. The van der Waals surface area contributed by atoms with Crippen molar-refractivity contribution in [3.8, 4) is 0 Å². The van der Waals surface area contributed by atoms with Crippen molar-refractivity contribution in [1.29, 1.82) is 0 Å². The minimum atomic E-state index is -0.0831. The van der Waals surface area contributed by atoms with Gasteiger partial charge in [-0.3, -0.25) is 0 Å². The zero-order chi connectivity index (χ0) is 9.26. The van der Waals surface area contributed by atoms with Gasteiger partial charge in [-0.1, -0.05) is 0 Å². The molecule has 1 saturated carbocycles. The molecule has 1 heterocycles. The standard InChI is InChI=1S/C10H14O2S/c1-7-4-5-12-9(7)6-13-10-3-2-8(10)11/h4-5,8,10-11H,2-3,6H2,1H3/t8-,10-/m1/s1. The van der Waals surface area contributed by atoms with Crippen LogP contribution in [-0.4, -0.2) is 16.5 Å². The van der Waals surface area contributed by atoms with Crippen LogP contribution in [0.5, 0.6) is 0 Å². The molecule has 3 heteroatoms. The Morgan fingerprint density at radius 2 is 2.46 bits per heavy atom. The SMILES string of the molecule is Cc1ccoc1CS[C@@H]1CC[C@H]1O. The van der Waals surface area contributed by atoms with E-state index in [-0.39, 0.29) is 6.10 Å². The summed E-state index contributed by atoms with van der Waals surface area (Å²) in [6.07, 6.45) is 3.75. The first-order valence-corrected chi connectivity index (χ1v) is 5.65. The predicted molar refractivity (Wildman–Crippen MR) is 53.8 cm³/mol. The van der Waals surface area contributed by atoms with Crippen LogP contribution in [0.15, 0.2) is 16.7 Å². The zero-order valence-electron chi connectivity index (χ0n) is 7.69. The van der Waals surface area contributed by atoms with Crippen molar-refractivity contribution >= 4 is 11.8 Å². The summed E-state index contributed by atoms with van der Waals surface area (Å²) in [6, 6.07) is 1.98. The summed E-state index contributed by atoms with van der Waals surface area (Å²) >= 11 is 1.80. The van der Waals surface area contributed by atoms with Crippen LogP contribution in [0.1, 0.15) is 24.2 Å². The number of hydrogen-bond acceptors (Lipinski definition) is 3. The maximum absolute atomic E-state index is 9.35. The average Bonchev–Trinajstić information content (AvgIpc) is 2.50. The molecule has 1 aromatic heterocycles. The van der Waals surface area contributed by atoms with E-state index in [1.54, 1.807) is 18.0 Å². The molecule has 2 nitrogen and oxygen atoms in total. The maximum Gasteiger partial charge on any atom is 0.116 e. The fourth-order valence-electron chi connectivity index (χ4n) is 1.38. The molecule has 0 amide bonds. The molecule has 13 heavy (non-hydrogen) atoms. The lowest BCUT2D eigenvalue weighted by Crippen LogP contribution is -2.33. The van der Waals surface area contributed by atoms with Gasteiger partial charge in [-0.25, -0.2) is 0 Å². The van der Waals surface area contributed by atoms with E-state index in [2.05, 4.69) is 6.92 Å². The highest BCUT2D eigenvalue weighted by Crippen LogP contribution is 2.34. The number of rotatable bonds is 3. The van der Waals surface area contributed by atoms with E-state index >= 15 is 0 Å². The van der Waals surface area contributed by atoms with Gasteiger partial charge in [0.15, 0.2) is 0 Å². The number of aliphatic hydroxyl groups excluding tert-OH is 1. The fourth-order valence-corrected chi connectivity index (χ4v) is 2.70. The molecule has 0 aromatic carbocycles. The molecule has 0 spiro atoms. The topological polar surface area (TPSA) is 33.4 Å². The van der Waals surface area contributed by atoms with E-state index < -0.39 is 0 Å². The van der Waals surface area contributed by atoms with Crippen LogP contribution in [0.3, 0.4) is 0 Å². The second-order valence-corrected chi connectivity index (χ2v) is 4.75. The van der Waals surface area contributed by atoms with Gasteiger partial charge < -0.3 is 9.52 Å². The Hall–Kier alpha value is -0.410. The van der Waals surface area contributed by atoms with E-state index in [9.17, 15) is 5.11 Å². The Kier molecular flexibility index (Phi) is 2.65. The van der Waals surface area contributed by atoms with Crippen molar-refractivity contribution in [2.75, 3.05) is 0 Å². The summed E-state index contributed by atoms with van der Waals surface area (Å²) in [6.45, 7) is 2.05. The molecule has 72 valence electrons. The van der Waals surface area contributed by atoms with Crippen molar-refractivity contribution < 1.29 is 9.52 Å². The maximum atomic E-state index is 9.35. The Bertz CT molecular complexity index is 282. The van der Waals surface area contributed by atoms with Crippen molar-refractivity contribution in [3.05, 3.63) is 23.7 Å². The lowest BCUT2D eigenvalue weighted by molar-refractivity contribution is 0.103. The number of thioether (sulfide) groups is 1. The lowest BCUT2D eigenvalue weighted by Gasteiger charge is -2.31. The third-order valence-corrected chi connectivity index (χ3v) is 3.98. The van der Waals surface area contributed by atoms with Crippen LogP contribution in [0.25, 0.3) is 0 Å². The van der Waals surface area contributed by atoms with Gasteiger partial charge in [0.25, 0.3) is 0 Å². The Balaban J connectivity index is 1.83. The molecule has 1 N–H and O–H groups in total. The van der Waals surface area contributed by atoms with Crippen molar-refractivity contribution in [2.45, 2.75) is 36.9 Å². The van der Waals surface area contributed by atoms with Crippen LogP contribution in [0.2, 0.25) is 0 Å². The van der Waals surface area contributed by atoms with Gasteiger partial charge in [0, 0.05) is 5.25 Å². The van der Waals surface area contributed by atoms with Gasteiger partial charge in [0.1, 0.15) is 5.76 Å². The first-order valence-electron chi connectivity index (χ1n) is 4.60. The minimum Gasteiger partial charge on any atom is -0.468 e. The smallest absolute Gasteiger partial charge is 0.116 e. The number of hydrogen-bond donors (Lipinski definition) is 1. The molecule has 0 aliphatic heterocycles. The second kappa shape index (κ2) is 3.76. The van der Waals surface area contributed by atoms with Gasteiger partial charge >= 0.3 is 0 Å². The largest absolute Gasteiger partial charge is 0.468 e. The van der Waals surface area contributed by atoms with E-state index in [1.165, 1.54) is 5.56 Å².